The standard InChI is InChI=1S/C18H36N2O3S2.C2H6/c1-3-5-7-12-22-14-10-20-16-18(21)9-6-8-13-23-17-25-24-15-11-19-4-2;1-2/h5,7,19-20H,3-4,6,8-17H2,1-2H3;1-2H3/b7-5+;. The molecule has 0 saturated carbocycles. The molecule has 0 unspecified atom stereocenters. The number of rotatable bonds is 20. The van der Waals surface area contributed by atoms with Gasteiger partial charge >= 0.3 is 0 Å². The summed E-state index contributed by atoms with van der Waals surface area (Å²) in [7, 11) is 3.58. The largest absolute Gasteiger partial charge is 0.376 e. The zero-order chi connectivity index (χ0) is 20.4. The maximum atomic E-state index is 11.7. The van der Waals surface area contributed by atoms with Crippen LogP contribution < -0.4 is 10.6 Å². The summed E-state index contributed by atoms with van der Waals surface area (Å²) in [5, 5.41) is 6.41. The van der Waals surface area contributed by atoms with Gasteiger partial charge in [0.15, 0.2) is 0 Å². The van der Waals surface area contributed by atoms with Gasteiger partial charge in [0.05, 0.1) is 19.8 Å². The predicted molar refractivity (Wildman–Crippen MR) is 123 cm³/mol. The second kappa shape index (κ2) is 28.2. The number of allylic oxidation sites excluding steroid dienone is 1. The molecule has 0 saturated heterocycles. The van der Waals surface area contributed by atoms with Crippen molar-refractivity contribution in [1.82, 2.24) is 10.6 Å². The second-order valence-electron chi connectivity index (χ2n) is 5.45. The fourth-order valence-corrected chi connectivity index (χ4v) is 3.46. The molecule has 0 aromatic carbocycles. The Labute approximate surface area is 175 Å². The first kappa shape index (κ1) is 29.2. The molecule has 0 heterocycles. The zero-order valence-corrected chi connectivity index (χ0v) is 19.5. The van der Waals surface area contributed by atoms with Gasteiger partial charge in [-0.05, 0) is 25.8 Å². The minimum atomic E-state index is 0.263. The van der Waals surface area contributed by atoms with Crippen LogP contribution in [0.2, 0.25) is 0 Å². The van der Waals surface area contributed by atoms with E-state index in [4.69, 9.17) is 9.47 Å². The van der Waals surface area contributed by atoms with Crippen molar-refractivity contribution in [3.8, 4) is 0 Å². The minimum Gasteiger partial charge on any atom is -0.376 e. The van der Waals surface area contributed by atoms with Crippen LogP contribution in [-0.2, 0) is 14.3 Å². The molecule has 0 aliphatic carbocycles. The van der Waals surface area contributed by atoms with Gasteiger partial charge in [0, 0.05) is 31.9 Å². The third-order valence-electron chi connectivity index (χ3n) is 3.18. The van der Waals surface area contributed by atoms with Crippen LogP contribution in [0.4, 0.5) is 0 Å². The highest BCUT2D eigenvalue weighted by Gasteiger charge is 2.01. The fourth-order valence-electron chi connectivity index (χ4n) is 1.85. The molecule has 0 aromatic heterocycles. The number of nitrogens with one attached hydrogen (secondary N) is 2. The minimum absolute atomic E-state index is 0.263. The summed E-state index contributed by atoms with van der Waals surface area (Å²) in [6, 6.07) is 0. The van der Waals surface area contributed by atoms with Gasteiger partial charge in [-0.25, -0.2) is 0 Å². The Morgan fingerprint density at radius 2 is 1.78 bits per heavy atom. The van der Waals surface area contributed by atoms with Gasteiger partial charge in [0.1, 0.15) is 11.7 Å². The van der Waals surface area contributed by atoms with Crippen molar-refractivity contribution in [3.05, 3.63) is 12.2 Å². The van der Waals surface area contributed by atoms with Crippen molar-refractivity contribution in [2.24, 2.45) is 0 Å². The first-order chi connectivity index (χ1) is 13.3. The Hall–Kier alpha value is -0.0500. The van der Waals surface area contributed by atoms with Gasteiger partial charge in [-0.15, -0.1) is 0 Å². The van der Waals surface area contributed by atoms with E-state index < -0.39 is 0 Å². The molecule has 5 nitrogen and oxygen atoms in total. The SMILES string of the molecule is CC.CC/C=C/COCCNCC(=O)CCCCOCSSCCNCC. The summed E-state index contributed by atoms with van der Waals surface area (Å²) < 4.78 is 11.0. The summed E-state index contributed by atoms with van der Waals surface area (Å²) >= 11 is 0. The smallest absolute Gasteiger partial charge is 0.146 e. The van der Waals surface area contributed by atoms with Crippen LogP contribution in [0.5, 0.6) is 0 Å². The maximum Gasteiger partial charge on any atom is 0.146 e. The normalized spacial score (nSPS) is 10.8. The van der Waals surface area contributed by atoms with Crippen LogP contribution in [-0.4, -0.2) is 63.5 Å². The van der Waals surface area contributed by atoms with E-state index in [9.17, 15) is 4.79 Å². The molecule has 0 bridgehead atoms. The Balaban J connectivity index is 0. The lowest BCUT2D eigenvalue weighted by Crippen LogP contribution is -2.26. The maximum absolute atomic E-state index is 11.7. The van der Waals surface area contributed by atoms with Crippen LogP contribution in [0.15, 0.2) is 12.2 Å². The van der Waals surface area contributed by atoms with Crippen molar-refractivity contribution >= 4 is 27.4 Å². The highest BCUT2D eigenvalue weighted by Crippen LogP contribution is 2.20. The Bertz CT molecular complexity index is 320. The summed E-state index contributed by atoms with van der Waals surface area (Å²) in [5.74, 6) is 2.09. The van der Waals surface area contributed by atoms with Crippen molar-refractivity contribution in [2.45, 2.75) is 53.4 Å². The molecule has 0 atom stereocenters. The quantitative estimate of drug-likeness (QED) is 0.131. The number of ether oxygens (including phenoxy) is 2. The molecule has 0 aromatic rings. The van der Waals surface area contributed by atoms with E-state index >= 15 is 0 Å². The second-order valence-corrected chi connectivity index (χ2v) is 7.98. The highest BCUT2D eigenvalue weighted by molar-refractivity contribution is 8.76. The molecular weight excluding hydrogens is 380 g/mol. The topological polar surface area (TPSA) is 59.6 Å². The number of hydrogen-bond donors (Lipinski definition) is 2. The van der Waals surface area contributed by atoms with Crippen molar-refractivity contribution in [1.29, 1.82) is 0 Å². The summed E-state index contributed by atoms with van der Waals surface area (Å²) in [4.78, 5) is 11.7. The van der Waals surface area contributed by atoms with Gasteiger partial charge in [-0.1, -0.05) is 61.4 Å². The van der Waals surface area contributed by atoms with E-state index in [1.54, 1.807) is 10.8 Å². The van der Waals surface area contributed by atoms with Gasteiger partial charge < -0.3 is 20.1 Å². The molecule has 0 spiro atoms. The average molecular weight is 423 g/mol. The molecular formula is C20H42N2O3S2. The molecule has 0 aliphatic heterocycles. The molecule has 0 fully saturated rings. The number of ketones is 1. The van der Waals surface area contributed by atoms with Crippen LogP contribution in [0.25, 0.3) is 0 Å². The van der Waals surface area contributed by atoms with E-state index in [-0.39, 0.29) is 5.78 Å². The third-order valence-corrected chi connectivity index (χ3v) is 5.27. The number of unbranched alkanes of at least 4 members (excludes halogenated alkanes) is 1. The number of hydrogen-bond acceptors (Lipinski definition) is 7. The first-order valence-corrected chi connectivity index (χ1v) is 12.8. The van der Waals surface area contributed by atoms with Crippen LogP contribution in [0.3, 0.4) is 0 Å². The lowest BCUT2D eigenvalue weighted by Gasteiger charge is -2.05. The van der Waals surface area contributed by atoms with E-state index in [0.717, 1.165) is 57.2 Å². The lowest BCUT2D eigenvalue weighted by atomic mass is 10.2. The number of carbonyl (C=O) groups is 1. The van der Waals surface area contributed by atoms with E-state index in [1.807, 2.05) is 30.7 Å². The molecule has 27 heavy (non-hydrogen) atoms. The van der Waals surface area contributed by atoms with Crippen molar-refractivity contribution in [3.63, 3.8) is 0 Å². The Morgan fingerprint density at radius 3 is 2.52 bits per heavy atom. The average Bonchev–Trinajstić information content (AvgIpc) is 2.69. The molecule has 0 amide bonds. The van der Waals surface area contributed by atoms with Crippen molar-refractivity contribution < 1.29 is 14.3 Å². The predicted octanol–water partition coefficient (Wildman–Crippen LogP) is 4.29. The Kier molecular flexibility index (Phi) is 30.4. The molecule has 0 rings (SSSR count). The number of carbonyl (C=O) groups excluding carboxylic acids is 1. The first-order valence-electron chi connectivity index (χ1n) is 10.3. The van der Waals surface area contributed by atoms with Gasteiger partial charge in [0.25, 0.3) is 0 Å². The Morgan fingerprint density at radius 1 is 0.963 bits per heavy atom. The lowest BCUT2D eigenvalue weighted by molar-refractivity contribution is -0.118. The zero-order valence-electron chi connectivity index (χ0n) is 17.9. The molecule has 2 N–H and O–H groups in total. The van der Waals surface area contributed by atoms with Gasteiger partial charge in [-0.2, -0.15) is 0 Å². The van der Waals surface area contributed by atoms with E-state index in [0.29, 0.717) is 26.2 Å². The van der Waals surface area contributed by atoms with Gasteiger partial charge in [-0.3, -0.25) is 4.79 Å². The summed E-state index contributed by atoms with van der Waals surface area (Å²) in [6.45, 7) is 13.5. The molecule has 7 heteroatoms. The van der Waals surface area contributed by atoms with E-state index in [2.05, 4.69) is 30.6 Å². The molecule has 0 radical (unpaired) electrons. The highest BCUT2D eigenvalue weighted by atomic mass is 33.1. The van der Waals surface area contributed by atoms with Crippen LogP contribution >= 0.6 is 21.6 Å². The van der Waals surface area contributed by atoms with Crippen LogP contribution in [0.1, 0.15) is 53.4 Å². The van der Waals surface area contributed by atoms with Crippen LogP contribution in [0, 0.1) is 0 Å². The summed E-state index contributed by atoms with van der Waals surface area (Å²) in [5.41, 5.74) is 0. The fraction of sp³-hybridized carbons (Fsp3) is 0.850. The number of Topliss-reactive ketones (excluding diaryl/α,β-unsaturated/α-hetero) is 1. The molecule has 0 aliphatic rings. The molecule has 162 valence electrons. The summed E-state index contributed by atoms with van der Waals surface area (Å²) in [6.07, 6.45) is 7.62. The van der Waals surface area contributed by atoms with E-state index in [1.165, 1.54) is 0 Å². The third kappa shape index (κ3) is 28.3. The van der Waals surface area contributed by atoms with Crippen molar-refractivity contribution in [2.75, 3.05) is 57.7 Å². The van der Waals surface area contributed by atoms with Gasteiger partial charge in [0.2, 0.25) is 0 Å². The monoisotopic (exact) mass is 422 g/mol.